The van der Waals surface area contributed by atoms with Crippen LogP contribution >= 0.6 is 0 Å². The van der Waals surface area contributed by atoms with Gasteiger partial charge in [0.15, 0.2) is 0 Å². The third kappa shape index (κ3) is 4.74. The molecule has 3 heterocycles. The van der Waals surface area contributed by atoms with Crippen molar-refractivity contribution in [2.45, 2.75) is 19.3 Å². The molecule has 11 aromatic rings. The second-order valence-electron chi connectivity index (χ2n) is 15.8. The van der Waals surface area contributed by atoms with E-state index in [9.17, 15) is 0 Å². The molecule has 3 aromatic heterocycles. The maximum Gasteiger partial charge on any atom is 0.137 e. The third-order valence-corrected chi connectivity index (χ3v) is 12.2. The Morgan fingerprint density at radius 1 is 0.439 bits per heavy atom. The number of hydrogen-bond acceptors (Lipinski definition) is 3. The summed E-state index contributed by atoms with van der Waals surface area (Å²) < 4.78 is 15.0. The first-order valence-electron chi connectivity index (χ1n) is 19.6. The zero-order valence-corrected chi connectivity index (χ0v) is 31.5. The van der Waals surface area contributed by atoms with Gasteiger partial charge in [0.05, 0.1) is 11.0 Å². The number of hydrogen-bond donors (Lipinski definition) is 0. The topological polar surface area (TPSA) is 34.5 Å². The van der Waals surface area contributed by atoms with Crippen LogP contribution in [0.25, 0.3) is 82.9 Å². The molecule has 1 aliphatic carbocycles. The molecule has 12 rings (SSSR count). The SMILES string of the molecule is CC1(C)c2ccccc2-c2ccc(N(c3ccc(-c4cc5ccccc5o4)cc3)c3ccc(-n4c5ccccc5c5cc6c(cc54)oc4ccccc46)cc3)cc21. The lowest BCUT2D eigenvalue weighted by Crippen LogP contribution is -2.16. The molecule has 0 bridgehead atoms. The Bertz CT molecular complexity index is 3340. The van der Waals surface area contributed by atoms with Crippen molar-refractivity contribution in [3.8, 4) is 28.1 Å². The molecule has 0 saturated carbocycles. The Labute approximate surface area is 329 Å². The summed E-state index contributed by atoms with van der Waals surface area (Å²) in [5.74, 6) is 0.863. The highest BCUT2D eigenvalue weighted by atomic mass is 16.3. The molecule has 0 fully saturated rings. The van der Waals surface area contributed by atoms with Crippen molar-refractivity contribution in [3.63, 3.8) is 0 Å². The summed E-state index contributed by atoms with van der Waals surface area (Å²) >= 11 is 0. The van der Waals surface area contributed by atoms with Crippen LogP contribution in [0.4, 0.5) is 17.1 Å². The fraction of sp³-hybridized carbons (Fsp3) is 0.0566. The summed E-state index contributed by atoms with van der Waals surface area (Å²) in [5, 5.41) is 5.81. The molecule has 1 aliphatic rings. The number of furan rings is 2. The summed E-state index contributed by atoms with van der Waals surface area (Å²) in [5.41, 5.74) is 15.6. The van der Waals surface area contributed by atoms with Crippen molar-refractivity contribution in [2.75, 3.05) is 4.90 Å². The standard InChI is InChI=1S/C53H36N2O2/c1-53(2)45-15-7-4-12-39(45)40-28-27-38(30-46(40)53)54(35-21-19-33(20-22-35)51-29-34-11-3-9-17-49(34)56-51)36-23-25-37(26-24-36)55-47-16-8-5-13-41(47)43-31-44-42-14-6-10-18-50(42)57-52(44)32-48(43)55/h3-32H,1-2H3. The molecule has 0 radical (unpaired) electrons. The zero-order valence-electron chi connectivity index (χ0n) is 31.5. The quantitative estimate of drug-likeness (QED) is 0.177. The van der Waals surface area contributed by atoms with Gasteiger partial charge in [-0.2, -0.15) is 0 Å². The molecule has 4 nitrogen and oxygen atoms in total. The summed E-state index contributed by atoms with van der Waals surface area (Å²) in [6, 6.07) is 65.3. The van der Waals surface area contributed by atoms with Crippen LogP contribution in [-0.4, -0.2) is 4.57 Å². The molecule has 0 N–H and O–H groups in total. The van der Waals surface area contributed by atoms with E-state index in [0.29, 0.717) is 0 Å². The van der Waals surface area contributed by atoms with Crippen LogP contribution in [0, 0.1) is 0 Å². The second kappa shape index (κ2) is 11.8. The van der Waals surface area contributed by atoms with E-state index in [2.05, 4.69) is 175 Å². The number of rotatable bonds is 5. The van der Waals surface area contributed by atoms with Gasteiger partial charge in [0.2, 0.25) is 0 Å². The maximum atomic E-state index is 6.39. The minimum atomic E-state index is -0.121. The average molecular weight is 733 g/mol. The molecule has 270 valence electrons. The zero-order chi connectivity index (χ0) is 37.8. The van der Waals surface area contributed by atoms with Crippen molar-refractivity contribution >= 4 is 71.8 Å². The fourth-order valence-corrected chi connectivity index (χ4v) is 9.39. The van der Waals surface area contributed by atoms with E-state index in [4.69, 9.17) is 8.83 Å². The fourth-order valence-electron chi connectivity index (χ4n) is 9.39. The van der Waals surface area contributed by atoms with Crippen LogP contribution in [-0.2, 0) is 5.41 Å². The summed E-state index contributed by atoms with van der Waals surface area (Å²) in [6.07, 6.45) is 0. The van der Waals surface area contributed by atoms with Gasteiger partial charge in [-0.3, -0.25) is 0 Å². The minimum absolute atomic E-state index is 0.121. The van der Waals surface area contributed by atoms with E-state index in [0.717, 1.165) is 78.0 Å². The Morgan fingerprint density at radius 2 is 1.11 bits per heavy atom. The van der Waals surface area contributed by atoms with E-state index in [1.165, 1.54) is 33.0 Å². The first kappa shape index (κ1) is 32.0. The van der Waals surface area contributed by atoms with Crippen molar-refractivity contribution in [2.24, 2.45) is 0 Å². The summed E-state index contributed by atoms with van der Waals surface area (Å²) in [4.78, 5) is 2.37. The Morgan fingerprint density at radius 3 is 1.93 bits per heavy atom. The lowest BCUT2D eigenvalue weighted by Gasteiger charge is -2.28. The molecule has 57 heavy (non-hydrogen) atoms. The van der Waals surface area contributed by atoms with Crippen molar-refractivity contribution < 1.29 is 8.83 Å². The van der Waals surface area contributed by atoms with Crippen LogP contribution in [0.2, 0.25) is 0 Å². The molecule has 0 spiro atoms. The molecule has 0 atom stereocenters. The van der Waals surface area contributed by atoms with E-state index in [-0.39, 0.29) is 5.41 Å². The minimum Gasteiger partial charge on any atom is -0.456 e. The van der Waals surface area contributed by atoms with Crippen molar-refractivity contribution in [3.05, 3.63) is 193 Å². The van der Waals surface area contributed by atoms with Crippen LogP contribution < -0.4 is 4.90 Å². The first-order valence-corrected chi connectivity index (χ1v) is 19.6. The lowest BCUT2D eigenvalue weighted by atomic mass is 9.82. The Kier molecular flexibility index (Phi) is 6.65. The highest BCUT2D eigenvalue weighted by Gasteiger charge is 2.35. The lowest BCUT2D eigenvalue weighted by molar-refractivity contribution is 0.631. The van der Waals surface area contributed by atoms with Gasteiger partial charge in [-0.25, -0.2) is 0 Å². The maximum absolute atomic E-state index is 6.39. The predicted octanol–water partition coefficient (Wildman–Crippen LogP) is 14.9. The summed E-state index contributed by atoms with van der Waals surface area (Å²) in [6.45, 7) is 4.68. The number of para-hydroxylation sites is 3. The molecule has 0 aliphatic heterocycles. The van der Waals surface area contributed by atoms with Crippen molar-refractivity contribution in [1.29, 1.82) is 0 Å². The van der Waals surface area contributed by atoms with E-state index in [1.807, 2.05) is 30.3 Å². The summed E-state index contributed by atoms with van der Waals surface area (Å²) in [7, 11) is 0. The average Bonchev–Trinajstić information content (AvgIpc) is 3.99. The Hall–Kier alpha value is -7.30. The van der Waals surface area contributed by atoms with Crippen LogP contribution in [0.1, 0.15) is 25.0 Å². The van der Waals surface area contributed by atoms with Crippen LogP contribution in [0.15, 0.2) is 191 Å². The molecule has 0 unspecified atom stereocenters. The molecular formula is C53H36N2O2. The first-order chi connectivity index (χ1) is 28.0. The number of aromatic nitrogens is 1. The molecular weight excluding hydrogens is 697 g/mol. The third-order valence-electron chi connectivity index (χ3n) is 12.2. The second-order valence-corrected chi connectivity index (χ2v) is 15.8. The normalized spacial score (nSPS) is 13.2. The molecule has 0 amide bonds. The van der Waals surface area contributed by atoms with Gasteiger partial charge in [0.25, 0.3) is 0 Å². The van der Waals surface area contributed by atoms with E-state index >= 15 is 0 Å². The van der Waals surface area contributed by atoms with Gasteiger partial charge in [-0.1, -0.05) is 98.8 Å². The van der Waals surface area contributed by atoms with Gasteiger partial charge in [-0.15, -0.1) is 0 Å². The van der Waals surface area contributed by atoms with E-state index < -0.39 is 0 Å². The number of benzene rings is 8. The van der Waals surface area contributed by atoms with Gasteiger partial charge in [0, 0.05) is 66.7 Å². The number of nitrogens with zero attached hydrogens (tertiary/aromatic N) is 2. The number of anilines is 3. The molecule has 4 heteroatoms. The number of fused-ring (bicyclic) bond motifs is 10. The molecule has 8 aromatic carbocycles. The molecule has 0 saturated heterocycles. The van der Waals surface area contributed by atoms with Crippen LogP contribution in [0.3, 0.4) is 0 Å². The van der Waals surface area contributed by atoms with Gasteiger partial charge >= 0.3 is 0 Å². The monoisotopic (exact) mass is 732 g/mol. The smallest absolute Gasteiger partial charge is 0.137 e. The Balaban J connectivity index is 1.00. The predicted molar refractivity (Wildman–Crippen MR) is 236 cm³/mol. The van der Waals surface area contributed by atoms with Gasteiger partial charge in [0.1, 0.15) is 22.5 Å². The van der Waals surface area contributed by atoms with Gasteiger partial charge < -0.3 is 18.3 Å². The largest absolute Gasteiger partial charge is 0.456 e. The van der Waals surface area contributed by atoms with Crippen LogP contribution in [0.5, 0.6) is 0 Å². The highest BCUT2D eigenvalue weighted by molar-refractivity contribution is 6.17. The van der Waals surface area contributed by atoms with Gasteiger partial charge in [-0.05, 0) is 113 Å². The van der Waals surface area contributed by atoms with E-state index in [1.54, 1.807) is 0 Å². The highest BCUT2D eigenvalue weighted by Crippen LogP contribution is 2.51. The van der Waals surface area contributed by atoms with Crippen molar-refractivity contribution in [1.82, 2.24) is 4.57 Å².